The van der Waals surface area contributed by atoms with E-state index in [0.29, 0.717) is 27.8 Å². The van der Waals surface area contributed by atoms with Crippen molar-refractivity contribution in [2.75, 3.05) is 19.0 Å². The zero-order chi connectivity index (χ0) is 20.3. The fourth-order valence-corrected chi connectivity index (χ4v) is 4.60. The molecule has 1 aliphatic rings. The lowest BCUT2D eigenvalue weighted by Gasteiger charge is -2.18. The number of fused-ring (bicyclic) bond motifs is 1. The fourth-order valence-electron chi connectivity index (χ4n) is 3.18. The van der Waals surface area contributed by atoms with Gasteiger partial charge in [-0.25, -0.2) is 4.79 Å². The highest BCUT2D eigenvalue weighted by atomic mass is 32.1. The number of benzene rings is 1. The van der Waals surface area contributed by atoms with E-state index >= 15 is 0 Å². The van der Waals surface area contributed by atoms with Crippen molar-refractivity contribution in [3.8, 4) is 5.75 Å². The lowest BCUT2D eigenvalue weighted by Crippen LogP contribution is -2.21. The number of nitrogens with one attached hydrogen (secondary N) is 1. The summed E-state index contributed by atoms with van der Waals surface area (Å²) < 4.78 is 10.4. The first kappa shape index (κ1) is 19.9. The molecule has 3 N–H and O–H groups in total. The second kappa shape index (κ2) is 8.43. The minimum atomic E-state index is -0.532. The molecule has 0 bridgehead atoms. The smallest absolute Gasteiger partial charge is 0.341 e. The van der Waals surface area contributed by atoms with Gasteiger partial charge in [0, 0.05) is 10.4 Å². The standard InChI is InChI=1S/C20H22N2O5S/c1-11-3-8-14-15(9-11)28-19(17(14)20(25)26-2)22-16(23)10-27-13-6-4-12(5-7-13)18(21)24/h4-7,11H,3,8-10H2,1-2H3,(H2,21,24)(H,22,23)/t11-/m0/s1. The Balaban J connectivity index is 1.69. The van der Waals surface area contributed by atoms with Gasteiger partial charge in [-0.3, -0.25) is 9.59 Å². The zero-order valence-corrected chi connectivity index (χ0v) is 16.6. The van der Waals surface area contributed by atoms with Crippen molar-refractivity contribution < 1.29 is 23.9 Å². The predicted molar refractivity (Wildman–Crippen MR) is 106 cm³/mol. The highest BCUT2D eigenvalue weighted by molar-refractivity contribution is 7.17. The maximum atomic E-state index is 12.3. The van der Waals surface area contributed by atoms with Crippen LogP contribution in [-0.2, 0) is 22.4 Å². The maximum Gasteiger partial charge on any atom is 0.341 e. The Morgan fingerprint density at radius 3 is 2.61 bits per heavy atom. The number of rotatable bonds is 6. The van der Waals surface area contributed by atoms with Gasteiger partial charge in [-0.1, -0.05) is 6.92 Å². The normalized spacial score (nSPS) is 15.4. The summed E-state index contributed by atoms with van der Waals surface area (Å²) in [5.74, 6) is -0.365. The van der Waals surface area contributed by atoms with Crippen molar-refractivity contribution in [2.45, 2.75) is 26.2 Å². The molecule has 2 amide bonds. The third-order valence-electron chi connectivity index (χ3n) is 4.66. The first-order valence-corrected chi connectivity index (χ1v) is 9.76. The number of thiophene rings is 1. The SMILES string of the molecule is COC(=O)c1c(NC(=O)COc2ccc(C(N)=O)cc2)sc2c1CC[C@H](C)C2. The molecule has 1 aromatic heterocycles. The maximum absolute atomic E-state index is 12.3. The third-order valence-corrected chi connectivity index (χ3v) is 5.83. The number of nitrogens with two attached hydrogens (primary N) is 1. The zero-order valence-electron chi connectivity index (χ0n) is 15.7. The number of hydrogen-bond donors (Lipinski definition) is 2. The Bertz CT molecular complexity index is 904. The van der Waals surface area contributed by atoms with Crippen molar-refractivity contribution in [3.63, 3.8) is 0 Å². The van der Waals surface area contributed by atoms with Gasteiger partial charge in [0.2, 0.25) is 5.91 Å². The molecule has 0 spiro atoms. The average molecular weight is 402 g/mol. The van der Waals surface area contributed by atoms with E-state index in [-0.39, 0.29) is 12.5 Å². The topological polar surface area (TPSA) is 108 Å². The van der Waals surface area contributed by atoms with Gasteiger partial charge in [0.1, 0.15) is 10.8 Å². The van der Waals surface area contributed by atoms with E-state index in [1.165, 1.54) is 30.6 Å². The number of hydrogen-bond acceptors (Lipinski definition) is 6. The minimum Gasteiger partial charge on any atom is -0.484 e. The van der Waals surface area contributed by atoms with Gasteiger partial charge in [0.15, 0.2) is 6.61 Å². The molecule has 3 rings (SSSR count). The number of esters is 1. The molecule has 1 heterocycles. The van der Waals surface area contributed by atoms with Crippen LogP contribution in [0, 0.1) is 5.92 Å². The number of amides is 2. The van der Waals surface area contributed by atoms with Gasteiger partial charge in [0.25, 0.3) is 5.91 Å². The quantitative estimate of drug-likeness (QED) is 0.723. The van der Waals surface area contributed by atoms with Crippen LogP contribution in [0.4, 0.5) is 5.00 Å². The van der Waals surface area contributed by atoms with E-state index in [1.54, 1.807) is 12.1 Å². The second-order valence-electron chi connectivity index (χ2n) is 6.77. The van der Waals surface area contributed by atoms with Gasteiger partial charge in [-0.15, -0.1) is 11.3 Å². The Hall–Kier alpha value is -2.87. The second-order valence-corrected chi connectivity index (χ2v) is 7.88. The van der Waals surface area contributed by atoms with Crippen LogP contribution in [0.2, 0.25) is 0 Å². The van der Waals surface area contributed by atoms with E-state index in [2.05, 4.69) is 12.2 Å². The number of anilines is 1. The van der Waals surface area contributed by atoms with Crippen LogP contribution in [0.5, 0.6) is 5.75 Å². The molecule has 148 valence electrons. The summed E-state index contributed by atoms with van der Waals surface area (Å²) in [6.45, 7) is 1.95. The van der Waals surface area contributed by atoms with E-state index in [4.69, 9.17) is 15.2 Å². The lowest BCUT2D eigenvalue weighted by molar-refractivity contribution is -0.118. The van der Waals surface area contributed by atoms with Gasteiger partial charge >= 0.3 is 5.97 Å². The summed E-state index contributed by atoms with van der Waals surface area (Å²) in [7, 11) is 1.34. The summed E-state index contributed by atoms with van der Waals surface area (Å²) in [6, 6.07) is 6.19. The molecule has 2 aromatic rings. The van der Waals surface area contributed by atoms with Crippen molar-refractivity contribution in [1.29, 1.82) is 0 Å². The molecule has 8 heteroatoms. The van der Waals surface area contributed by atoms with E-state index < -0.39 is 11.9 Å². The molecule has 0 unspecified atom stereocenters. The molecular weight excluding hydrogens is 380 g/mol. The van der Waals surface area contributed by atoms with Crippen LogP contribution in [0.1, 0.15) is 44.5 Å². The third kappa shape index (κ3) is 4.33. The monoisotopic (exact) mass is 402 g/mol. The van der Waals surface area contributed by atoms with Crippen LogP contribution in [0.15, 0.2) is 24.3 Å². The van der Waals surface area contributed by atoms with Crippen LogP contribution < -0.4 is 15.8 Å². The van der Waals surface area contributed by atoms with Crippen LogP contribution in [-0.4, -0.2) is 31.5 Å². The van der Waals surface area contributed by atoms with Crippen LogP contribution >= 0.6 is 11.3 Å². The average Bonchev–Trinajstić information content (AvgIpc) is 3.02. The number of primary amides is 1. The van der Waals surface area contributed by atoms with Crippen molar-refractivity contribution in [3.05, 3.63) is 45.8 Å². The first-order chi connectivity index (χ1) is 13.4. The van der Waals surface area contributed by atoms with Gasteiger partial charge < -0.3 is 20.5 Å². The largest absolute Gasteiger partial charge is 0.484 e. The highest BCUT2D eigenvalue weighted by Gasteiger charge is 2.28. The Kier molecular flexibility index (Phi) is 5.99. The molecule has 0 saturated heterocycles. The molecule has 1 aromatic carbocycles. The van der Waals surface area contributed by atoms with Crippen LogP contribution in [0.25, 0.3) is 0 Å². The number of methoxy groups -OCH3 is 1. The summed E-state index contributed by atoms with van der Waals surface area (Å²) in [5, 5.41) is 3.28. The molecule has 1 aliphatic carbocycles. The molecule has 0 aliphatic heterocycles. The molecule has 0 radical (unpaired) electrons. The van der Waals surface area contributed by atoms with Gasteiger partial charge in [-0.05, 0) is 55.0 Å². The van der Waals surface area contributed by atoms with E-state index in [9.17, 15) is 14.4 Å². The Morgan fingerprint density at radius 1 is 1.25 bits per heavy atom. The molecule has 1 atom stereocenters. The first-order valence-electron chi connectivity index (χ1n) is 8.94. The number of carbonyl (C=O) groups is 3. The molecule has 0 saturated carbocycles. The Morgan fingerprint density at radius 2 is 1.96 bits per heavy atom. The number of ether oxygens (including phenoxy) is 2. The molecule has 7 nitrogen and oxygen atoms in total. The molecule has 0 fully saturated rings. The minimum absolute atomic E-state index is 0.227. The van der Waals surface area contributed by atoms with Crippen LogP contribution in [0.3, 0.4) is 0 Å². The summed E-state index contributed by atoms with van der Waals surface area (Å²) >= 11 is 1.42. The highest BCUT2D eigenvalue weighted by Crippen LogP contribution is 2.40. The summed E-state index contributed by atoms with van der Waals surface area (Å²) in [6.07, 6.45) is 2.70. The summed E-state index contributed by atoms with van der Waals surface area (Å²) in [4.78, 5) is 36.8. The number of carbonyl (C=O) groups excluding carboxylic acids is 3. The van der Waals surface area contributed by atoms with E-state index in [1.807, 2.05) is 0 Å². The summed E-state index contributed by atoms with van der Waals surface area (Å²) in [5.41, 5.74) is 6.98. The van der Waals surface area contributed by atoms with Gasteiger partial charge in [-0.2, -0.15) is 0 Å². The van der Waals surface area contributed by atoms with E-state index in [0.717, 1.165) is 29.7 Å². The Labute approximate surface area is 166 Å². The van der Waals surface area contributed by atoms with Gasteiger partial charge in [0.05, 0.1) is 12.7 Å². The van der Waals surface area contributed by atoms with Crippen molar-refractivity contribution >= 4 is 34.1 Å². The lowest BCUT2D eigenvalue weighted by atomic mass is 9.88. The fraction of sp³-hybridized carbons (Fsp3) is 0.350. The predicted octanol–water partition coefficient (Wildman–Crippen LogP) is 2.78. The molecular formula is C20H22N2O5S. The molecule has 28 heavy (non-hydrogen) atoms. The van der Waals surface area contributed by atoms with Crippen molar-refractivity contribution in [1.82, 2.24) is 0 Å². The van der Waals surface area contributed by atoms with Crippen molar-refractivity contribution in [2.24, 2.45) is 11.7 Å².